The van der Waals surface area contributed by atoms with E-state index in [0.29, 0.717) is 5.69 Å². The molecule has 14 heavy (non-hydrogen) atoms. The Labute approximate surface area is 84.3 Å². The minimum absolute atomic E-state index is 0.112. The molecule has 0 spiro atoms. The molecule has 0 aromatic carbocycles. The molecule has 2 aromatic rings. The molecule has 0 fully saturated rings. The summed E-state index contributed by atoms with van der Waals surface area (Å²) >= 11 is 1.09. The third-order valence-corrected chi connectivity index (χ3v) is 4.43. The van der Waals surface area contributed by atoms with Gasteiger partial charge in [-0.25, -0.2) is 13.4 Å². The van der Waals surface area contributed by atoms with Crippen molar-refractivity contribution in [2.24, 2.45) is 0 Å². The second-order valence-corrected chi connectivity index (χ2v) is 5.61. The molecule has 0 bridgehead atoms. The van der Waals surface area contributed by atoms with E-state index in [1.165, 1.54) is 18.5 Å². The molecule has 2 rings (SSSR count). The Hall–Kier alpha value is -1.21. The van der Waals surface area contributed by atoms with Crippen LogP contribution in [0.15, 0.2) is 32.8 Å². The van der Waals surface area contributed by atoms with E-state index in [0.717, 1.165) is 11.3 Å². The van der Waals surface area contributed by atoms with Gasteiger partial charge >= 0.3 is 0 Å². The van der Waals surface area contributed by atoms with E-state index in [4.69, 9.17) is 0 Å². The Morgan fingerprint density at radius 3 is 2.93 bits per heavy atom. The summed E-state index contributed by atoms with van der Waals surface area (Å²) in [7, 11) is -3.36. The number of aromatic nitrogens is 2. The predicted molar refractivity (Wildman–Crippen MR) is 49.5 cm³/mol. The molecule has 0 aliphatic carbocycles. The van der Waals surface area contributed by atoms with E-state index >= 15 is 0 Å². The zero-order chi connectivity index (χ0) is 10.0. The first kappa shape index (κ1) is 9.35. The Balaban J connectivity index is 2.27. The fraction of sp³-hybridized carbons (Fsp3) is 0.143. The molecule has 0 saturated heterocycles. The maximum atomic E-state index is 11.6. The van der Waals surface area contributed by atoms with Crippen molar-refractivity contribution in [2.75, 3.05) is 0 Å². The highest BCUT2D eigenvalue weighted by atomic mass is 32.2. The lowest BCUT2D eigenvalue weighted by molar-refractivity contribution is 0.413. The van der Waals surface area contributed by atoms with Crippen LogP contribution in [0.5, 0.6) is 0 Å². The molecule has 2 aromatic heterocycles. The summed E-state index contributed by atoms with van der Waals surface area (Å²) in [5.74, 6) is -0.170. The second kappa shape index (κ2) is 3.50. The van der Waals surface area contributed by atoms with Crippen molar-refractivity contribution in [1.29, 1.82) is 0 Å². The van der Waals surface area contributed by atoms with Crippen molar-refractivity contribution < 1.29 is 12.9 Å². The summed E-state index contributed by atoms with van der Waals surface area (Å²) in [4.78, 5) is 3.74. The smallest absolute Gasteiger partial charge is 0.211 e. The molecule has 5 nitrogen and oxygen atoms in total. The minimum Gasteiger partial charge on any atom is -0.364 e. The van der Waals surface area contributed by atoms with Crippen molar-refractivity contribution in [1.82, 2.24) is 10.1 Å². The highest BCUT2D eigenvalue weighted by Crippen LogP contribution is 2.17. The fourth-order valence-electron chi connectivity index (χ4n) is 0.932. The van der Waals surface area contributed by atoms with Crippen LogP contribution in [0.1, 0.15) is 5.69 Å². The molecule has 0 aliphatic heterocycles. The Bertz CT molecular complexity index is 487. The summed E-state index contributed by atoms with van der Waals surface area (Å²) in [6.07, 6.45) is 2.80. The average molecular weight is 230 g/mol. The van der Waals surface area contributed by atoms with E-state index in [9.17, 15) is 8.42 Å². The van der Waals surface area contributed by atoms with Crippen molar-refractivity contribution in [3.05, 3.63) is 29.6 Å². The van der Waals surface area contributed by atoms with Crippen LogP contribution in [0.4, 0.5) is 0 Å². The zero-order valence-electron chi connectivity index (χ0n) is 6.95. The van der Waals surface area contributed by atoms with Crippen LogP contribution in [0.25, 0.3) is 0 Å². The topological polar surface area (TPSA) is 73.1 Å². The van der Waals surface area contributed by atoms with Gasteiger partial charge in [-0.3, -0.25) is 0 Å². The number of hydrogen-bond donors (Lipinski definition) is 0. The number of sulfone groups is 1. The zero-order valence-corrected chi connectivity index (χ0v) is 8.59. The summed E-state index contributed by atoms with van der Waals surface area (Å²) < 4.78 is 27.9. The van der Waals surface area contributed by atoms with E-state index in [-0.39, 0.29) is 10.1 Å². The Kier molecular flexibility index (Phi) is 2.34. The van der Waals surface area contributed by atoms with E-state index < -0.39 is 9.84 Å². The van der Waals surface area contributed by atoms with Gasteiger partial charge in [-0.05, 0) is 0 Å². The quantitative estimate of drug-likeness (QED) is 0.789. The molecular weight excluding hydrogens is 224 g/mol. The highest BCUT2D eigenvalue weighted by molar-refractivity contribution is 7.92. The standard InChI is InChI=1S/C7H6N2O3S2/c10-14(11,7-8-2-4-13-7)5-6-1-3-12-9-6/h1-4H,5H2. The molecule has 0 aliphatic rings. The summed E-state index contributed by atoms with van der Waals surface area (Å²) in [6.45, 7) is 0. The first-order chi connectivity index (χ1) is 6.68. The molecule has 0 saturated carbocycles. The van der Waals surface area contributed by atoms with Crippen LogP contribution >= 0.6 is 11.3 Å². The molecule has 0 unspecified atom stereocenters. The normalized spacial score (nSPS) is 11.7. The maximum Gasteiger partial charge on any atom is 0.211 e. The molecular formula is C7H6N2O3S2. The molecule has 0 N–H and O–H groups in total. The highest BCUT2D eigenvalue weighted by Gasteiger charge is 2.19. The summed E-state index contributed by atoms with van der Waals surface area (Å²) in [5, 5.41) is 5.15. The maximum absolute atomic E-state index is 11.6. The van der Waals surface area contributed by atoms with Crippen molar-refractivity contribution >= 4 is 21.2 Å². The van der Waals surface area contributed by atoms with Gasteiger partial charge in [-0.1, -0.05) is 5.16 Å². The van der Waals surface area contributed by atoms with E-state index in [2.05, 4.69) is 14.7 Å². The first-order valence-electron chi connectivity index (χ1n) is 3.70. The van der Waals surface area contributed by atoms with Crippen LogP contribution in [0, 0.1) is 0 Å². The molecule has 7 heteroatoms. The third-order valence-electron chi connectivity index (χ3n) is 1.50. The number of rotatable bonds is 3. The molecule has 74 valence electrons. The van der Waals surface area contributed by atoms with Crippen molar-refractivity contribution in [3.8, 4) is 0 Å². The van der Waals surface area contributed by atoms with Gasteiger partial charge in [0.25, 0.3) is 0 Å². The molecule has 0 amide bonds. The van der Waals surface area contributed by atoms with Gasteiger partial charge in [0.05, 0.1) is 5.69 Å². The van der Waals surface area contributed by atoms with Crippen LogP contribution in [-0.4, -0.2) is 18.6 Å². The molecule has 0 atom stereocenters. The van der Waals surface area contributed by atoms with Crippen LogP contribution < -0.4 is 0 Å². The first-order valence-corrected chi connectivity index (χ1v) is 6.23. The van der Waals surface area contributed by atoms with Crippen molar-refractivity contribution in [2.45, 2.75) is 10.1 Å². The summed E-state index contributed by atoms with van der Waals surface area (Å²) in [5.41, 5.74) is 0.389. The third kappa shape index (κ3) is 1.83. The Morgan fingerprint density at radius 1 is 1.50 bits per heavy atom. The Morgan fingerprint density at radius 2 is 2.36 bits per heavy atom. The lowest BCUT2D eigenvalue weighted by Crippen LogP contribution is -2.04. The van der Waals surface area contributed by atoms with Gasteiger partial charge in [0.2, 0.25) is 14.2 Å². The minimum atomic E-state index is -3.36. The summed E-state index contributed by atoms with van der Waals surface area (Å²) in [6, 6.07) is 1.52. The largest absolute Gasteiger partial charge is 0.364 e. The number of nitrogens with zero attached hydrogens (tertiary/aromatic N) is 2. The van der Waals surface area contributed by atoms with Crippen molar-refractivity contribution in [3.63, 3.8) is 0 Å². The van der Waals surface area contributed by atoms with Gasteiger partial charge in [0, 0.05) is 17.6 Å². The molecule has 2 heterocycles. The lowest BCUT2D eigenvalue weighted by atomic mass is 10.5. The van der Waals surface area contributed by atoms with Gasteiger partial charge in [0.1, 0.15) is 12.0 Å². The lowest BCUT2D eigenvalue weighted by Gasteiger charge is -1.95. The number of thiazole rings is 1. The monoisotopic (exact) mass is 230 g/mol. The SMILES string of the molecule is O=S(=O)(Cc1ccon1)c1nccs1. The van der Waals surface area contributed by atoms with Gasteiger partial charge in [0.15, 0.2) is 0 Å². The molecule has 0 radical (unpaired) electrons. The predicted octanol–water partition coefficient (Wildman–Crippen LogP) is 1.11. The average Bonchev–Trinajstić information content (AvgIpc) is 2.71. The second-order valence-electron chi connectivity index (χ2n) is 2.55. The van der Waals surface area contributed by atoms with Crippen LogP contribution in [-0.2, 0) is 15.6 Å². The van der Waals surface area contributed by atoms with Gasteiger partial charge in [-0.15, -0.1) is 11.3 Å². The van der Waals surface area contributed by atoms with E-state index in [1.807, 2.05) is 0 Å². The number of hydrogen-bond acceptors (Lipinski definition) is 6. The fourth-order valence-corrected chi connectivity index (χ4v) is 3.11. The van der Waals surface area contributed by atoms with E-state index in [1.54, 1.807) is 5.38 Å². The van der Waals surface area contributed by atoms with Crippen LogP contribution in [0.3, 0.4) is 0 Å². The van der Waals surface area contributed by atoms with Gasteiger partial charge < -0.3 is 4.52 Å². The van der Waals surface area contributed by atoms with Crippen LogP contribution in [0.2, 0.25) is 0 Å². The van der Waals surface area contributed by atoms with Gasteiger partial charge in [-0.2, -0.15) is 0 Å².